The Bertz CT molecular complexity index is 699. The molecule has 1 aromatic heterocycles. The molecule has 0 aliphatic rings. The minimum Gasteiger partial charge on any atom is -0.353 e. The van der Waals surface area contributed by atoms with Crippen molar-refractivity contribution < 1.29 is 9.69 Å². The number of thioether (sulfide) groups is 1. The van der Waals surface area contributed by atoms with E-state index in [0.717, 1.165) is 17.4 Å². The van der Waals surface area contributed by atoms with Crippen LogP contribution in [0, 0.1) is 0 Å². The van der Waals surface area contributed by atoms with Crippen molar-refractivity contribution in [3.05, 3.63) is 41.7 Å². The maximum Gasteiger partial charge on any atom is 0.230 e. The molecule has 1 aromatic carbocycles. The van der Waals surface area contributed by atoms with E-state index in [1.165, 1.54) is 22.2 Å². The van der Waals surface area contributed by atoms with Crippen molar-refractivity contribution >= 4 is 17.7 Å². The first kappa shape index (κ1) is 20.5. The second-order valence-corrected chi connectivity index (χ2v) is 7.90. The van der Waals surface area contributed by atoms with Crippen molar-refractivity contribution in [2.24, 2.45) is 0 Å². The van der Waals surface area contributed by atoms with Crippen LogP contribution in [0.25, 0.3) is 0 Å². The van der Waals surface area contributed by atoms with Crippen molar-refractivity contribution in [1.82, 2.24) is 20.1 Å². The molecule has 142 valence electrons. The highest BCUT2D eigenvalue weighted by Crippen LogP contribution is 2.22. The van der Waals surface area contributed by atoms with Crippen LogP contribution in [0.2, 0.25) is 0 Å². The number of rotatable bonds is 9. The molecule has 0 bridgehead atoms. The fourth-order valence-corrected chi connectivity index (χ4v) is 3.68. The van der Waals surface area contributed by atoms with Gasteiger partial charge in [-0.3, -0.25) is 9.36 Å². The summed E-state index contributed by atoms with van der Waals surface area (Å²) in [4.78, 5) is 13.3. The van der Waals surface area contributed by atoms with E-state index in [9.17, 15) is 4.79 Å². The number of hydrogen-bond donors (Lipinski definition) is 2. The summed E-state index contributed by atoms with van der Waals surface area (Å²) in [7, 11) is 4.28. The average molecular weight is 377 g/mol. The van der Waals surface area contributed by atoms with Crippen molar-refractivity contribution in [3.8, 4) is 0 Å². The third kappa shape index (κ3) is 5.57. The monoisotopic (exact) mass is 376 g/mol. The quantitative estimate of drug-likeness (QED) is 0.652. The molecule has 7 heteroatoms. The van der Waals surface area contributed by atoms with Gasteiger partial charge in [0.1, 0.15) is 6.04 Å². The first-order valence-electron chi connectivity index (χ1n) is 9.11. The number of benzene rings is 1. The van der Waals surface area contributed by atoms with Gasteiger partial charge in [-0.25, -0.2) is 0 Å². The highest BCUT2D eigenvalue weighted by molar-refractivity contribution is 7.99. The van der Waals surface area contributed by atoms with Crippen LogP contribution in [0.1, 0.15) is 44.6 Å². The number of nitrogens with one attached hydrogen (secondary N) is 2. The molecule has 0 saturated carbocycles. The standard InChI is InChI=1S/C19H29N5OS/c1-6-16(23(4)5)18-21-22-19(26-13-17(25)20-14(2)3)24(18)12-15-10-8-7-9-11-15/h7-11,14,16H,6,12-13H2,1-5H3,(H,20,25)/p+1/t16-/m1/s1. The molecule has 6 nitrogen and oxygen atoms in total. The van der Waals surface area contributed by atoms with Crippen LogP contribution in [-0.4, -0.2) is 46.6 Å². The van der Waals surface area contributed by atoms with E-state index in [-0.39, 0.29) is 18.0 Å². The first-order chi connectivity index (χ1) is 12.4. The number of carbonyl (C=O) groups excluding carboxylic acids is 1. The highest BCUT2D eigenvalue weighted by Gasteiger charge is 2.25. The third-order valence-electron chi connectivity index (χ3n) is 4.13. The minimum atomic E-state index is 0.0195. The molecule has 2 aromatic rings. The second-order valence-electron chi connectivity index (χ2n) is 6.96. The number of amides is 1. The van der Waals surface area contributed by atoms with Gasteiger partial charge < -0.3 is 10.2 Å². The van der Waals surface area contributed by atoms with E-state index >= 15 is 0 Å². The Balaban J connectivity index is 2.26. The lowest BCUT2D eigenvalue weighted by atomic mass is 10.2. The summed E-state index contributed by atoms with van der Waals surface area (Å²) in [5.41, 5.74) is 1.20. The summed E-state index contributed by atoms with van der Waals surface area (Å²) < 4.78 is 2.16. The summed E-state index contributed by atoms with van der Waals surface area (Å²) in [6.45, 7) is 6.80. The highest BCUT2D eigenvalue weighted by atomic mass is 32.2. The predicted octanol–water partition coefficient (Wildman–Crippen LogP) is 1.54. The summed E-state index contributed by atoms with van der Waals surface area (Å²) in [6, 6.07) is 10.7. The van der Waals surface area contributed by atoms with Gasteiger partial charge in [0.25, 0.3) is 0 Å². The third-order valence-corrected chi connectivity index (χ3v) is 5.09. The van der Waals surface area contributed by atoms with E-state index in [1.807, 2.05) is 32.0 Å². The lowest BCUT2D eigenvalue weighted by molar-refractivity contribution is -0.893. The van der Waals surface area contributed by atoms with Crippen LogP contribution in [0.15, 0.2) is 35.5 Å². The Kier molecular flexibility index (Phi) is 7.66. The van der Waals surface area contributed by atoms with E-state index in [0.29, 0.717) is 12.3 Å². The number of aromatic nitrogens is 3. The Labute approximate surface area is 160 Å². The Morgan fingerprint density at radius 2 is 1.92 bits per heavy atom. The molecule has 0 radical (unpaired) electrons. The van der Waals surface area contributed by atoms with Gasteiger partial charge in [0.15, 0.2) is 11.0 Å². The Morgan fingerprint density at radius 1 is 1.23 bits per heavy atom. The molecule has 0 unspecified atom stereocenters. The van der Waals surface area contributed by atoms with E-state index in [2.05, 4.69) is 53.2 Å². The average Bonchev–Trinajstić information content (AvgIpc) is 2.96. The number of hydrogen-bond acceptors (Lipinski definition) is 4. The molecular formula is C19H30N5OS+. The van der Waals surface area contributed by atoms with Crippen molar-refractivity contribution in [3.63, 3.8) is 0 Å². The zero-order valence-electron chi connectivity index (χ0n) is 16.3. The molecule has 1 atom stereocenters. The van der Waals surface area contributed by atoms with E-state index < -0.39 is 0 Å². The van der Waals surface area contributed by atoms with Gasteiger partial charge >= 0.3 is 0 Å². The Morgan fingerprint density at radius 3 is 2.50 bits per heavy atom. The van der Waals surface area contributed by atoms with Crippen molar-refractivity contribution in [1.29, 1.82) is 0 Å². The lowest BCUT2D eigenvalue weighted by Crippen LogP contribution is -3.06. The van der Waals surface area contributed by atoms with Crippen LogP contribution in [-0.2, 0) is 11.3 Å². The van der Waals surface area contributed by atoms with Gasteiger partial charge in [-0.1, -0.05) is 49.0 Å². The fraction of sp³-hybridized carbons (Fsp3) is 0.526. The first-order valence-corrected chi connectivity index (χ1v) is 10.1. The maximum absolute atomic E-state index is 12.0. The molecular weight excluding hydrogens is 346 g/mol. The predicted molar refractivity (Wildman–Crippen MR) is 105 cm³/mol. The van der Waals surface area contributed by atoms with Crippen LogP contribution in [0.3, 0.4) is 0 Å². The molecule has 26 heavy (non-hydrogen) atoms. The second kappa shape index (κ2) is 9.73. The normalized spacial score (nSPS) is 12.6. The number of carbonyl (C=O) groups is 1. The molecule has 1 amide bonds. The minimum absolute atomic E-state index is 0.0195. The van der Waals surface area contributed by atoms with E-state index in [1.54, 1.807) is 0 Å². The van der Waals surface area contributed by atoms with Gasteiger partial charge in [0, 0.05) is 12.5 Å². The molecule has 0 saturated heterocycles. The largest absolute Gasteiger partial charge is 0.353 e. The summed E-state index contributed by atoms with van der Waals surface area (Å²) in [6.07, 6.45) is 0.980. The van der Waals surface area contributed by atoms with Crippen LogP contribution >= 0.6 is 11.8 Å². The molecule has 2 rings (SSSR count). The maximum atomic E-state index is 12.0. The van der Waals surface area contributed by atoms with Crippen LogP contribution in [0.5, 0.6) is 0 Å². The summed E-state index contributed by atoms with van der Waals surface area (Å²) in [5, 5.41) is 12.6. The lowest BCUT2D eigenvalue weighted by Gasteiger charge is -2.20. The zero-order valence-corrected chi connectivity index (χ0v) is 17.1. The molecule has 0 fully saturated rings. The van der Waals surface area contributed by atoms with Crippen molar-refractivity contribution in [2.45, 2.75) is 51.0 Å². The van der Waals surface area contributed by atoms with E-state index in [4.69, 9.17) is 0 Å². The molecule has 0 spiro atoms. The molecule has 0 aliphatic carbocycles. The molecule has 1 heterocycles. The molecule has 2 N–H and O–H groups in total. The van der Waals surface area contributed by atoms with Gasteiger partial charge in [-0.15, -0.1) is 10.2 Å². The Hall–Kier alpha value is -1.86. The van der Waals surface area contributed by atoms with Gasteiger partial charge in [0.2, 0.25) is 5.91 Å². The van der Waals surface area contributed by atoms with Crippen LogP contribution in [0.4, 0.5) is 0 Å². The fourth-order valence-electron chi connectivity index (χ4n) is 2.92. The van der Waals surface area contributed by atoms with Gasteiger partial charge in [-0.05, 0) is 19.4 Å². The SMILES string of the molecule is CC[C@H](c1nnc(SCC(=O)NC(C)C)n1Cc1ccccc1)[NH+](C)C. The number of nitrogens with zero attached hydrogens (tertiary/aromatic N) is 3. The number of quaternary nitrogens is 1. The topological polar surface area (TPSA) is 64.2 Å². The smallest absolute Gasteiger partial charge is 0.230 e. The van der Waals surface area contributed by atoms with Crippen molar-refractivity contribution in [2.75, 3.05) is 19.8 Å². The van der Waals surface area contributed by atoms with Gasteiger partial charge in [-0.2, -0.15) is 0 Å². The molecule has 0 aliphatic heterocycles. The van der Waals surface area contributed by atoms with Gasteiger partial charge in [0.05, 0.1) is 26.4 Å². The summed E-state index contributed by atoms with van der Waals surface area (Å²) >= 11 is 1.44. The zero-order chi connectivity index (χ0) is 19.1. The summed E-state index contributed by atoms with van der Waals surface area (Å²) in [5.74, 6) is 1.34. The van der Waals surface area contributed by atoms with Crippen LogP contribution < -0.4 is 10.2 Å².